The van der Waals surface area contributed by atoms with Gasteiger partial charge in [0.2, 0.25) is 5.95 Å². The second-order valence-electron chi connectivity index (χ2n) is 4.83. The molecule has 0 saturated carbocycles. The van der Waals surface area contributed by atoms with Crippen molar-refractivity contribution in [2.75, 3.05) is 7.11 Å². The molecule has 0 aliphatic rings. The molecule has 24 heavy (non-hydrogen) atoms. The van der Waals surface area contributed by atoms with Gasteiger partial charge < -0.3 is 9.47 Å². The molecule has 7 heteroatoms. The maximum atomic E-state index is 13.8. The fourth-order valence-corrected chi connectivity index (χ4v) is 2.11. The van der Waals surface area contributed by atoms with E-state index in [9.17, 15) is 4.39 Å². The minimum Gasteiger partial charge on any atom is -0.493 e. The lowest BCUT2D eigenvalue weighted by Gasteiger charge is -2.13. The molecule has 0 fully saturated rings. The van der Waals surface area contributed by atoms with Crippen molar-refractivity contribution in [1.29, 1.82) is 0 Å². The van der Waals surface area contributed by atoms with E-state index < -0.39 is 0 Å². The number of nitrogens with one attached hydrogen (secondary N) is 1. The van der Waals surface area contributed by atoms with E-state index in [1.165, 1.54) is 12.4 Å². The van der Waals surface area contributed by atoms with Crippen LogP contribution in [0.5, 0.6) is 11.5 Å². The Labute approximate surface area is 138 Å². The molecule has 0 radical (unpaired) electrons. The molecule has 0 aliphatic carbocycles. The first-order valence-electron chi connectivity index (χ1n) is 7.20. The lowest BCUT2D eigenvalue weighted by molar-refractivity contribution is 0.279. The van der Waals surface area contributed by atoms with Crippen LogP contribution >= 0.6 is 0 Å². The number of methoxy groups -OCH3 is 1. The first-order chi connectivity index (χ1) is 11.8. The SMILES string of the molecule is COc1cccc(C=Nc2ncn[nH]2)c1OCc1ccccc1F. The zero-order valence-electron chi connectivity index (χ0n) is 12.9. The number of H-pyrrole nitrogens is 1. The highest BCUT2D eigenvalue weighted by Crippen LogP contribution is 2.31. The van der Waals surface area contributed by atoms with E-state index in [2.05, 4.69) is 20.2 Å². The van der Waals surface area contributed by atoms with Crippen LogP contribution in [-0.4, -0.2) is 28.5 Å². The van der Waals surface area contributed by atoms with Crippen LogP contribution < -0.4 is 9.47 Å². The van der Waals surface area contributed by atoms with Crippen molar-refractivity contribution in [3.05, 3.63) is 65.7 Å². The molecule has 0 amide bonds. The van der Waals surface area contributed by atoms with Crippen molar-refractivity contribution < 1.29 is 13.9 Å². The number of aromatic nitrogens is 3. The van der Waals surface area contributed by atoms with Gasteiger partial charge in [0.1, 0.15) is 18.8 Å². The summed E-state index contributed by atoms with van der Waals surface area (Å²) in [6.45, 7) is 0.0796. The molecule has 0 spiro atoms. The maximum absolute atomic E-state index is 13.8. The van der Waals surface area contributed by atoms with E-state index in [1.807, 2.05) is 12.1 Å². The van der Waals surface area contributed by atoms with Gasteiger partial charge in [0.25, 0.3) is 0 Å². The van der Waals surface area contributed by atoms with Crippen molar-refractivity contribution in [1.82, 2.24) is 15.2 Å². The molecule has 2 aromatic carbocycles. The number of benzene rings is 2. The molecule has 122 valence electrons. The summed E-state index contributed by atoms with van der Waals surface area (Å²) in [4.78, 5) is 8.10. The van der Waals surface area contributed by atoms with E-state index in [-0.39, 0.29) is 12.4 Å². The van der Waals surface area contributed by atoms with Gasteiger partial charge in [-0.05, 0) is 18.2 Å². The van der Waals surface area contributed by atoms with Crippen molar-refractivity contribution in [3.63, 3.8) is 0 Å². The highest BCUT2D eigenvalue weighted by atomic mass is 19.1. The number of aromatic amines is 1. The molecule has 3 rings (SSSR count). The summed E-state index contributed by atoms with van der Waals surface area (Å²) in [5, 5.41) is 6.37. The van der Waals surface area contributed by atoms with Gasteiger partial charge in [0.15, 0.2) is 11.5 Å². The zero-order valence-corrected chi connectivity index (χ0v) is 12.9. The summed E-state index contributed by atoms with van der Waals surface area (Å²) in [6.07, 6.45) is 2.95. The van der Waals surface area contributed by atoms with Crippen molar-refractivity contribution >= 4 is 12.2 Å². The number of ether oxygens (including phenoxy) is 2. The summed E-state index contributed by atoms with van der Waals surface area (Å²) in [6, 6.07) is 11.9. The highest BCUT2D eigenvalue weighted by Gasteiger charge is 2.11. The van der Waals surface area contributed by atoms with Gasteiger partial charge in [-0.1, -0.05) is 24.3 Å². The number of nitrogens with zero attached hydrogens (tertiary/aromatic N) is 3. The zero-order chi connectivity index (χ0) is 16.8. The Balaban J connectivity index is 1.86. The van der Waals surface area contributed by atoms with Gasteiger partial charge in [0, 0.05) is 17.3 Å². The highest BCUT2D eigenvalue weighted by molar-refractivity contribution is 5.86. The van der Waals surface area contributed by atoms with Crippen LogP contribution in [0.3, 0.4) is 0 Å². The molecule has 0 aliphatic heterocycles. The van der Waals surface area contributed by atoms with Crippen molar-refractivity contribution in [2.45, 2.75) is 6.61 Å². The minimum absolute atomic E-state index is 0.0796. The molecule has 1 N–H and O–H groups in total. The van der Waals surface area contributed by atoms with Crippen LogP contribution in [0.1, 0.15) is 11.1 Å². The average Bonchev–Trinajstić information content (AvgIpc) is 3.13. The van der Waals surface area contributed by atoms with Gasteiger partial charge in [-0.25, -0.2) is 14.5 Å². The molecular formula is C17H15FN4O2. The maximum Gasteiger partial charge on any atom is 0.245 e. The van der Waals surface area contributed by atoms with Crippen LogP contribution in [0.2, 0.25) is 0 Å². The third kappa shape index (κ3) is 3.57. The number of hydrogen-bond acceptors (Lipinski definition) is 5. The summed E-state index contributed by atoms with van der Waals surface area (Å²) in [5.41, 5.74) is 1.14. The molecule has 0 saturated heterocycles. The fourth-order valence-electron chi connectivity index (χ4n) is 2.11. The lowest BCUT2D eigenvalue weighted by Crippen LogP contribution is -2.02. The summed E-state index contributed by atoms with van der Waals surface area (Å²) < 4.78 is 24.9. The average molecular weight is 326 g/mol. The Morgan fingerprint density at radius 1 is 1.21 bits per heavy atom. The molecule has 1 heterocycles. The van der Waals surface area contributed by atoms with Crippen LogP contribution in [0.25, 0.3) is 0 Å². The number of halogens is 1. The van der Waals surface area contributed by atoms with Crippen LogP contribution in [0.4, 0.5) is 10.3 Å². The Bertz CT molecular complexity index is 834. The number of aliphatic imine (C=N–C) groups is 1. The predicted molar refractivity (Wildman–Crippen MR) is 87.4 cm³/mol. The van der Waals surface area contributed by atoms with Gasteiger partial charge >= 0.3 is 0 Å². The first-order valence-corrected chi connectivity index (χ1v) is 7.20. The van der Waals surface area contributed by atoms with E-state index in [0.29, 0.717) is 28.6 Å². The van der Waals surface area contributed by atoms with Crippen LogP contribution in [-0.2, 0) is 6.61 Å². The van der Waals surface area contributed by atoms with Gasteiger partial charge in [-0.15, -0.1) is 0 Å². The second kappa shape index (κ2) is 7.36. The smallest absolute Gasteiger partial charge is 0.245 e. The Morgan fingerprint density at radius 2 is 2.08 bits per heavy atom. The van der Waals surface area contributed by atoms with Gasteiger partial charge in [-0.2, -0.15) is 10.1 Å². The van der Waals surface area contributed by atoms with Gasteiger partial charge in [-0.3, -0.25) is 0 Å². The first kappa shape index (κ1) is 15.7. The van der Waals surface area contributed by atoms with Crippen LogP contribution in [0, 0.1) is 5.82 Å². The van der Waals surface area contributed by atoms with E-state index in [1.54, 1.807) is 37.6 Å². The Morgan fingerprint density at radius 3 is 2.83 bits per heavy atom. The normalized spacial score (nSPS) is 10.9. The van der Waals surface area contributed by atoms with E-state index >= 15 is 0 Å². The van der Waals surface area contributed by atoms with Gasteiger partial charge in [0.05, 0.1) is 7.11 Å². The van der Waals surface area contributed by atoms with E-state index in [0.717, 1.165) is 0 Å². The predicted octanol–water partition coefficient (Wildman–Crippen LogP) is 3.28. The third-order valence-corrected chi connectivity index (χ3v) is 3.29. The second-order valence-corrected chi connectivity index (χ2v) is 4.83. The molecule has 6 nitrogen and oxygen atoms in total. The van der Waals surface area contributed by atoms with Crippen LogP contribution in [0.15, 0.2) is 53.8 Å². The van der Waals surface area contributed by atoms with Crippen molar-refractivity contribution in [2.24, 2.45) is 4.99 Å². The van der Waals surface area contributed by atoms with Crippen molar-refractivity contribution in [3.8, 4) is 11.5 Å². The number of hydrogen-bond donors (Lipinski definition) is 1. The topological polar surface area (TPSA) is 72.4 Å². The fraction of sp³-hybridized carbons (Fsp3) is 0.118. The molecule has 1 aromatic heterocycles. The molecular weight excluding hydrogens is 311 g/mol. The standard InChI is InChI=1S/C17H15FN4O2/c1-23-15-8-4-6-12(9-19-17-20-11-21-22-17)16(15)24-10-13-5-2-3-7-14(13)18/h2-9,11H,10H2,1H3,(H,20,21,22). The summed E-state index contributed by atoms with van der Waals surface area (Å²) in [7, 11) is 1.54. The molecule has 0 bridgehead atoms. The number of para-hydroxylation sites is 1. The lowest BCUT2D eigenvalue weighted by atomic mass is 10.2. The molecule has 0 unspecified atom stereocenters. The molecule has 3 aromatic rings. The molecule has 0 atom stereocenters. The van der Waals surface area contributed by atoms with E-state index in [4.69, 9.17) is 9.47 Å². The Kier molecular flexibility index (Phi) is 4.81. The quantitative estimate of drug-likeness (QED) is 0.706. The monoisotopic (exact) mass is 326 g/mol. The summed E-state index contributed by atoms with van der Waals surface area (Å²) in [5.74, 6) is 1.07. The Hall–Kier alpha value is -3.22. The summed E-state index contributed by atoms with van der Waals surface area (Å²) >= 11 is 0. The third-order valence-electron chi connectivity index (χ3n) is 3.29. The largest absolute Gasteiger partial charge is 0.493 e. The number of rotatable bonds is 6. The minimum atomic E-state index is -0.315.